The number of rotatable bonds is 4. The van der Waals surface area contributed by atoms with Gasteiger partial charge in [-0.2, -0.15) is 0 Å². The fourth-order valence-electron chi connectivity index (χ4n) is 1.69. The van der Waals surface area contributed by atoms with Gasteiger partial charge >= 0.3 is 0 Å². The van der Waals surface area contributed by atoms with Crippen LogP contribution in [0.25, 0.3) is 0 Å². The summed E-state index contributed by atoms with van der Waals surface area (Å²) < 4.78 is 5.09. The first-order valence-electron chi connectivity index (χ1n) is 5.34. The minimum absolute atomic E-state index is 0.660. The van der Waals surface area contributed by atoms with Gasteiger partial charge in [-0.3, -0.25) is 9.78 Å². The van der Waals surface area contributed by atoms with Crippen LogP contribution in [0, 0.1) is 0 Å². The number of ether oxygens (including phenoxy) is 1. The first kappa shape index (κ1) is 11.3. The van der Waals surface area contributed by atoms with Crippen LogP contribution >= 0.6 is 0 Å². The summed E-state index contributed by atoms with van der Waals surface area (Å²) in [4.78, 5) is 15.1. The van der Waals surface area contributed by atoms with E-state index < -0.39 is 0 Å². The van der Waals surface area contributed by atoms with Gasteiger partial charge < -0.3 is 4.74 Å². The van der Waals surface area contributed by atoms with Gasteiger partial charge in [-0.25, -0.2) is 0 Å². The van der Waals surface area contributed by atoms with Crippen molar-refractivity contribution in [1.29, 1.82) is 0 Å². The molecule has 86 valence electrons. The van der Waals surface area contributed by atoms with Gasteiger partial charge in [0.2, 0.25) is 0 Å². The number of benzene rings is 1. The second-order valence-corrected chi connectivity index (χ2v) is 3.72. The van der Waals surface area contributed by atoms with E-state index >= 15 is 0 Å². The zero-order valence-corrected chi connectivity index (χ0v) is 9.59. The molecule has 3 nitrogen and oxygen atoms in total. The average Bonchev–Trinajstić information content (AvgIpc) is 2.40. The van der Waals surface area contributed by atoms with Gasteiger partial charge in [-0.15, -0.1) is 0 Å². The lowest BCUT2D eigenvalue weighted by Crippen LogP contribution is -1.96. The maximum atomic E-state index is 11.0. The number of nitrogens with zero attached hydrogens (tertiary/aromatic N) is 1. The van der Waals surface area contributed by atoms with Crippen molar-refractivity contribution in [3.05, 3.63) is 59.4 Å². The van der Waals surface area contributed by atoms with Crippen LogP contribution in [0.1, 0.15) is 21.5 Å². The molecule has 0 saturated heterocycles. The Hall–Kier alpha value is -2.16. The molecule has 2 rings (SSSR count). The molecule has 0 fully saturated rings. The minimum atomic E-state index is 0.660. The minimum Gasteiger partial charge on any atom is -0.497 e. The fourth-order valence-corrected chi connectivity index (χ4v) is 1.69. The van der Waals surface area contributed by atoms with E-state index in [0.717, 1.165) is 17.4 Å². The first-order chi connectivity index (χ1) is 8.33. The summed E-state index contributed by atoms with van der Waals surface area (Å²) >= 11 is 0. The Bertz CT molecular complexity index is 509. The van der Waals surface area contributed by atoms with E-state index in [4.69, 9.17) is 4.74 Å². The smallest absolute Gasteiger partial charge is 0.150 e. The van der Waals surface area contributed by atoms with E-state index in [1.807, 2.05) is 24.3 Å². The summed E-state index contributed by atoms with van der Waals surface area (Å²) in [6.07, 6.45) is 5.09. The molecule has 0 unspecified atom stereocenters. The Kier molecular flexibility index (Phi) is 3.50. The van der Waals surface area contributed by atoms with Crippen molar-refractivity contribution in [3.8, 4) is 5.75 Å². The molecule has 2 aromatic rings. The Morgan fingerprint density at radius 2 is 2.24 bits per heavy atom. The van der Waals surface area contributed by atoms with E-state index in [0.29, 0.717) is 17.7 Å². The highest BCUT2D eigenvalue weighted by Crippen LogP contribution is 2.18. The van der Waals surface area contributed by atoms with Crippen LogP contribution in [-0.2, 0) is 6.42 Å². The Labute approximate surface area is 100 Å². The number of carbonyl (C=O) groups is 1. The van der Waals surface area contributed by atoms with Crippen LogP contribution in [0.4, 0.5) is 0 Å². The Morgan fingerprint density at radius 1 is 1.35 bits per heavy atom. The van der Waals surface area contributed by atoms with Gasteiger partial charge in [0.1, 0.15) is 12.0 Å². The van der Waals surface area contributed by atoms with Gasteiger partial charge in [0.05, 0.1) is 7.11 Å². The number of hydrogen-bond donors (Lipinski definition) is 0. The second-order valence-electron chi connectivity index (χ2n) is 3.72. The SMILES string of the molecule is COc1ccc(Cc2cccnc2)c(C=O)c1. The van der Waals surface area contributed by atoms with Crippen molar-refractivity contribution in [2.45, 2.75) is 6.42 Å². The molecule has 0 atom stereocenters. The molecule has 0 aliphatic rings. The molecule has 0 amide bonds. The molecule has 1 aromatic carbocycles. The molecule has 0 bridgehead atoms. The molecule has 0 aliphatic heterocycles. The van der Waals surface area contributed by atoms with E-state index in [1.54, 1.807) is 25.6 Å². The third-order valence-electron chi connectivity index (χ3n) is 2.60. The van der Waals surface area contributed by atoms with E-state index in [-0.39, 0.29) is 0 Å². The van der Waals surface area contributed by atoms with Gasteiger partial charge in [0, 0.05) is 18.0 Å². The molecule has 0 N–H and O–H groups in total. The molecule has 0 spiro atoms. The molecule has 0 radical (unpaired) electrons. The first-order valence-corrected chi connectivity index (χ1v) is 5.34. The number of aromatic nitrogens is 1. The van der Waals surface area contributed by atoms with Crippen LogP contribution < -0.4 is 4.74 Å². The van der Waals surface area contributed by atoms with Crippen molar-refractivity contribution >= 4 is 6.29 Å². The second kappa shape index (κ2) is 5.25. The zero-order chi connectivity index (χ0) is 12.1. The highest BCUT2D eigenvalue weighted by molar-refractivity contribution is 5.78. The fraction of sp³-hybridized carbons (Fsp3) is 0.143. The van der Waals surface area contributed by atoms with Crippen molar-refractivity contribution < 1.29 is 9.53 Å². The molecular formula is C14H13NO2. The Morgan fingerprint density at radius 3 is 2.88 bits per heavy atom. The van der Waals surface area contributed by atoms with Gasteiger partial charge in [-0.05, 0) is 35.7 Å². The van der Waals surface area contributed by atoms with E-state index in [9.17, 15) is 4.79 Å². The van der Waals surface area contributed by atoms with Crippen LogP contribution in [0.3, 0.4) is 0 Å². The molecule has 0 saturated carbocycles. The van der Waals surface area contributed by atoms with Crippen LogP contribution in [0.2, 0.25) is 0 Å². The predicted octanol–water partition coefficient (Wildman–Crippen LogP) is 2.49. The molecule has 3 heteroatoms. The lowest BCUT2D eigenvalue weighted by molar-refractivity contribution is 0.112. The monoisotopic (exact) mass is 227 g/mol. The molecule has 17 heavy (non-hydrogen) atoms. The standard InChI is InChI=1S/C14H13NO2/c1-17-14-5-4-12(13(8-14)10-16)7-11-3-2-6-15-9-11/h2-6,8-10H,7H2,1H3. The third-order valence-corrected chi connectivity index (χ3v) is 2.60. The molecule has 1 heterocycles. The lowest BCUT2D eigenvalue weighted by Gasteiger charge is -2.07. The number of carbonyl (C=O) groups excluding carboxylic acids is 1. The van der Waals surface area contributed by atoms with Crippen LogP contribution in [0.5, 0.6) is 5.75 Å². The maximum Gasteiger partial charge on any atom is 0.150 e. The number of hydrogen-bond acceptors (Lipinski definition) is 3. The summed E-state index contributed by atoms with van der Waals surface area (Å²) in [7, 11) is 1.59. The average molecular weight is 227 g/mol. The van der Waals surface area contributed by atoms with Crippen molar-refractivity contribution in [2.24, 2.45) is 0 Å². The van der Waals surface area contributed by atoms with E-state index in [2.05, 4.69) is 4.98 Å². The van der Waals surface area contributed by atoms with Gasteiger partial charge in [-0.1, -0.05) is 12.1 Å². The summed E-state index contributed by atoms with van der Waals surface area (Å²) in [5, 5.41) is 0. The number of aldehydes is 1. The molecular weight excluding hydrogens is 214 g/mol. The topological polar surface area (TPSA) is 39.2 Å². The summed E-state index contributed by atoms with van der Waals surface area (Å²) in [6, 6.07) is 9.40. The molecule has 0 aliphatic carbocycles. The predicted molar refractivity (Wildman–Crippen MR) is 65.4 cm³/mol. The summed E-state index contributed by atoms with van der Waals surface area (Å²) in [5.41, 5.74) is 2.72. The van der Waals surface area contributed by atoms with Gasteiger partial charge in [0.25, 0.3) is 0 Å². The summed E-state index contributed by atoms with van der Waals surface area (Å²) in [6.45, 7) is 0. The highest BCUT2D eigenvalue weighted by Gasteiger charge is 2.04. The van der Waals surface area contributed by atoms with Crippen molar-refractivity contribution in [1.82, 2.24) is 4.98 Å². The Balaban J connectivity index is 2.30. The molecule has 1 aromatic heterocycles. The quantitative estimate of drug-likeness (QED) is 0.753. The third kappa shape index (κ3) is 2.69. The largest absolute Gasteiger partial charge is 0.497 e. The lowest BCUT2D eigenvalue weighted by atomic mass is 10.0. The van der Waals surface area contributed by atoms with Crippen molar-refractivity contribution in [2.75, 3.05) is 7.11 Å². The van der Waals surface area contributed by atoms with Crippen LogP contribution in [0.15, 0.2) is 42.7 Å². The number of methoxy groups -OCH3 is 1. The van der Waals surface area contributed by atoms with Gasteiger partial charge in [0.15, 0.2) is 0 Å². The summed E-state index contributed by atoms with van der Waals surface area (Å²) in [5.74, 6) is 0.696. The van der Waals surface area contributed by atoms with Crippen molar-refractivity contribution in [3.63, 3.8) is 0 Å². The number of pyridine rings is 1. The highest BCUT2D eigenvalue weighted by atomic mass is 16.5. The van der Waals surface area contributed by atoms with E-state index in [1.165, 1.54) is 0 Å². The zero-order valence-electron chi connectivity index (χ0n) is 9.59. The van der Waals surface area contributed by atoms with Crippen LogP contribution in [-0.4, -0.2) is 18.4 Å². The maximum absolute atomic E-state index is 11.0. The normalized spacial score (nSPS) is 9.94.